The zero-order valence-electron chi connectivity index (χ0n) is 10.3. The molecule has 0 saturated carbocycles. The summed E-state index contributed by atoms with van der Waals surface area (Å²) in [5, 5.41) is 1.53. The van der Waals surface area contributed by atoms with Crippen LogP contribution in [0.5, 0.6) is 0 Å². The van der Waals surface area contributed by atoms with Crippen molar-refractivity contribution >= 4 is 6.09 Å². The Morgan fingerprint density at radius 3 is 2.62 bits per heavy atom. The molecule has 5 heteroatoms. The number of carbonyl (C=O) groups excluding carboxylic acids is 1. The molecule has 1 aromatic rings. The summed E-state index contributed by atoms with van der Waals surface area (Å²) in [6, 6.07) is 0. The van der Waals surface area contributed by atoms with E-state index in [1.165, 1.54) is 5.01 Å². The molecule has 0 fully saturated rings. The number of aromatic nitrogens is 2. The molecule has 0 atom stereocenters. The number of ether oxygens (including phenoxy) is 1. The first-order valence-corrected chi connectivity index (χ1v) is 5.43. The maximum Gasteiger partial charge on any atom is 0.429 e. The maximum atomic E-state index is 11.9. The lowest BCUT2D eigenvalue weighted by Crippen LogP contribution is -2.43. The number of amides is 1. The summed E-state index contributed by atoms with van der Waals surface area (Å²) in [6.07, 6.45) is 5.44. The predicted octanol–water partition coefficient (Wildman–Crippen LogP) is 2.17. The minimum Gasteiger partial charge on any atom is -0.442 e. The fourth-order valence-corrected chi connectivity index (χ4v) is 1.22. The predicted molar refractivity (Wildman–Crippen MR) is 61.8 cm³/mol. The quantitative estimate of drug-likeness (QED) is 0.792. The van der Waals surface area contributed by atoms with Crippen LogP contribution >= 0.6 is 0 Å². The number of imidazole rings is 1. The molecule has 1 heterocycles. The van der Waals surface area contributed by atoms with Crippen LogP contribution in [0.2, 0.25) is 0 Å². The molecule has 0 aromatic carbocycles. The van der Waals surface area contributed by atoms with Crippen LogP contribution in [0.25, 0.3) is 0 Å². The van der Waals surface area contributed by atoms with Crippen molar-refractivity contribution in [3.63, 3.8) is 0 Å². The molecule has 90 valence electrons. The molecule has 1 aromatic heterocycles. The molecular formula is C11H19N3O2. The molecule has 0 bridgehead atoms. The normalized spacial score (nSPS) is 11.2. The zero-order chi connectivity index (χ0) is 12.2. The van der Waals surface area contributed by atoms with Crippen LogP contribution in [0.4, 0.5) is 4.79 Å². The van der Waals surface area contributed by atoms with E-state index < -0.39 is 5.60 Å². The molecule has 0 unspecified atom stereocenters. The third-order valence-electron chi connectivity index (χ3n) is 1.81. The van der Waals surface area contributed by atoms with Gasteiger partial charge in [-0.15, -0.1) is 0 Å². The van der Waals surface area contributed by atoms with Gasteiger partial charge in [0.2, 0.25) is 0 Å². The van der Waals surface area contributed by atoms with Crippen molar-refractivity contribution in [2.24, 2.45) is 0 Å². The highest BCUT2D eigenvalue weighted by Crippen LogP contribution is 2.09. The largest absolute Gasteiger partial charge is 0.442 e. The number of carbonyl (C=O) groups is 1. The van der Waals surface area contributed by atoms with Crippen molar-refractivity contribution in [1.29, 1.82) is 0 Å². The fraction of sp³-hybridized carbons (Fsp3) is 0.636. The molecule has 0 radical (unpaired) electrons. The Labute approximate surface area is 96.0 Å². The summed E-state index contributed by atoms with van der Waals surface area (Å²) in [7, 11) is 0. The Morgan fingerprint density at radius 2 is 2.19 bits per heavy atom. The third-order valence-corrected chi connectivity index (χ3v) is 1.81. The molecule has 0 aliphatic carbocycles. The summed E-state index contributed by atoms with van der Waals surface area (Å²) in [5.41, 5.74) is -0.482. The van der Waals surface area contributed by atoms with Crippen molar-refractivity contribution in [2.75, 3.05) is 11.6 Å². The van der Waals surface area contributed by atoms with Gasteiger partial charge in [0.25, 0.3) is 0 Å². The van der Waals surface area contributed by atoms with E-state index in [0.717, 1.165) is 6.42 Å². The summed E-state index contributed by atoms with van der Waals surface area (Å²) < 4.78 is 6.95. The lowest BCUT2D eigenvalue weighted by molar-refractivity contribution is 0.0538. The van der Waals surface area contributed by atoms with E-state index in [2.05, 4.69) is 4.98 Å². The van der Waals surface area contributed by atoms with Crippen molar-refractivity contribution in [1.82, 2.24) is 9.66 Å². The van der Waals surface area contributed by atoms with Gasteiger partial charge in [0.05, 0.1) is 0 Å². The van der Waals surface area contributed by atoms with Crippen molar-refractivity contribution < 1.29 is 9.53 Å². The number of nitrogens with zero attached hydrogens (tertiary/aromatic N) is 3. The van der Waals surface area contributed by atoms with Crippen molar-refractivity contribution in [2.45, 2.75) is 39.7 Å². The van der Waals surface area contributed by atoms with Crippen LogP contribution in [0.1, 0.15) is 34.1 Å². The Balaban J connectivity index is 2.75. The van der Waals surface area contributed by atoms with Gasteiger partial charge in [0.1, 0.15) is 11.9 Å². The van der Waals surface area contributed by atoms with E-state index in [0.29, 0.717) is 6.54 Å². The minimum atomic E-state index is -0.482. The van der Waals surface area contributed by atoms with Crippen LogP contribution in [0, 0.1) is 0 Å². The average molecular weight is 225 g/mol. The molecule has 0 saturated heterocycles. The van der Waals surface area contributed by atoms with Crippen LogP contribution in [0.3, 0.4) is 0 Å². The number of hydrogen-bond acceptors (Lipinski definition) is 3. The zero-order valence-corrected chi connectivity index (χ0v) is 10.3. The Bertz CT molecular complexity index is 327. The second-order valence-corrected chi connectivity index (χ2v) is 4.55. The monoisotopic (exact) mass is 225 g/mol. The Hall–Kier alpha value is -1.52. The fourth-order valence-electron chi connectivity index (χ4n) is 1.22. The average Bonchev–Trinajstić information content (AvgIpc) is 2.63. The van der Waals surface area contributed by atoms with Gasteiger partial charge >= 0.3 is 6.09 Å². The van der Waals surface area contributed by atoms with Crippen molar-refractivity contribution in [3.8, 4) is 0 Å². The third kappa shape index (κ3) is 3.56. The van der Waals surface area contributed by atoms with Gasteiger partial charge in [0, 0.05) is 18.9 Å². The highest BCUT2D eigenvalue weighted by molar-refractivity contribution is 5.78. The summed E-state index contributed by atoms with van der Waals surface area (Å²) in [5.74, 6) is 0. The number of rotatable bonds is 3. The SMILES string of the molecule is CCCN(C(=O)OC(C)(C)C)n1ccnc1. The molecule has 0 aliphatic heterocycles. The first-order valence-electron chi connectivity index (χ1n) is 5.43. The van der Waals surface area contributed by atoms with Gasteiger partial charge in [-0.3, -0.25) is 0 Å². The molecule has 1 amide bonds. The molecule has 0 aliphatic rings. The van der Waals surface area contributed by atoms with Gasteiger partial charge in [0.15, 0.2) is 0 Å². The molecule has 1 rings (SSSR count). The van der Waals surface area contributed by atoms with E-state index in [1.54, 1.807) is 23.4 Å². The van der Waals surface area contributed by atoms with Crippen LogP contribution in [-0.4, -0.2) is 27.9 Å². The van der Waals surface area contributed by atoms with Crippen LogP contribution in [0.15, 0.2) is 18.7 Å². The molecule has 5 nitrogen and oxygen atoms in total. The first kappa shape index (κ1) is 12.5. The Morgan fingerprint density at radius 1 is 1.50 bits per heavy atom. The van der Waals surface area contributed by atoms with E-state index >= 15 is 0 Å². The van der Waals surface area contributed by atoms with E-state index in [4.69, 9.17) is 4.74 Å². The molecule has 0 spiro atoms. The van der Waals surface area contributed by atoms with Gasteiger partial charge in [-0.2, -0.15) is 0 Å². The van der Waals surface area contributed by atoms with Gasteiger partial charge in [-0.1, -0.05) is 6.92 Å². The summed E-state index contributed by atoms with van der Waals surface area (Å²) >= 11 is 0. The molecular weight excluding hydrogens is 206 g/mol. The second kappa shape index (κ2) is 5.01. The first-order chi connectivity index (χ1) is 7.44. The topological polar surface area (TPSA) is 47.4 Å². The van der Waals surface area contributed by atoms with E-state index in [9.17, 15) is 4.79 Å². The van der Waals surface area contributed by atoms with E-state index in [-0.39, 0.29) is 6.09 Å². The number of hydrogen-bond donors (Lipinski definition) is 0. The minimum absolute atomic E-state index is 0.354. The van der Waals surface area contributed by atoms with Crippen molar-refractivity contribution in [3.05, 3.63) is 18.7 Å². The Kier molecular flexibility index (Phi) is 3.93. The lowest BCUT2D eigenvalue weighted by Gasteiger charge is -2.27. The summed E-state index contributed by atoms with van der Waals surface area (Å²) in [4.78, 5) is 15.8. The highest BCUT2D eigenvalue weighted by Gasteiger charge is 2.22. The van der Waals surface area contributed by atoms with Gasteiger partial charge in [-0.25, -0.2) is 19.5 Å². The smallest absolute Gasteiger partial charge is 0.429 e. The standard InChI is InChI=1S/C11H19N3O2/c1-5-7-14(13-8-6-12-9-13)10(15)16-11(2,3)4/h6,8-9H,5,7H2,1-4H3. The van der Waals surface area contributed by atoms with Crippen LogP contribution in [-0.2, 0) is 4.74 Å². The molecule has 16 heavy (non-hydrogen) atoms. The molecule has 0 N–H and O–H groups in total. The highest BCUT2D eigenvalue weighted by atomic mass is 16.6. The van der Waals surface area contributed by atoms with Gasteiger partial charge < -0.3 is 4.74 Å². The lowest BCUT2D eigenvalue weighted by atomic mass is 10.2. The van der Waals surface area contributed by atoms with Crippen LogP contribution < -0.4 is 5.01 Å². The maximum absolute atomic E-state index is 11.9. The summed E-state index contributed by atoms with van der Waals surface area (Å²) in [6.45, 7) is 8.16. The van der Waals surface area contributed by atoms with Gasteiger partial charge in [-0.05, 0) is 27.2 Å². The van der Waals surface area contributed by atoms with E-state index in [1.807, 2.05) is 27.7 Å². The second-order valence-electron chi connectivity index (χ2n) is 4.55.